The van der Waals surface area contributed by atoms with Crippen molar-refractivity contribution < 1.29 is 28.6 Å². The zero-order valence-corrected chi connectivity index (χ0v) is 38.4. The van der Waals surface area contributed by atoms with E-state index in [1.807, 2.05) is 6.08 Å². The largest absolute Gasteiger partial charge is 0.462 e. The van der Waals surface area contributed by atoms with Crippen LogP contribution in [0, 0.1) is 0 Å². The normalized spacial score (nSPS) is 13.1. The number of hydrogen-bond acceptors (Lipinski definition) is 6. The highest BCUT2D eigenvalue weighted by molar-refractivity contribution is 5.71. The summed E-state index contributed by atoms with van der Waals surface area (Å²) in [5, 5.41) is 0. The lowest BCUT2D eigenvalue weighted by Crippen LogP contribution is -2.30. The van der Waals surface area contributed by atoms with Crippen molar-refractivity contribution in [1.82, 2.24) is 0 Å². The first-order valence-corrected chi connectivity index (χ1v) is 24.0. The Morgan fingerprint density at radius 1 is 0.367 bits per heavy atom. The van der Waals surface area contributed by atoms with Crippen molar-refractivity contribution >= 4 is 17.9 Å². The van der Waals surface area contributed by atoms with Crippen LogP contribution in [0.25, 0.3) is 0 Å². The third kappa shape index (κ3) is 45.2. The van der Waals surface area contributed by atoms with Gasteiger partial charge < -0.3 is 14.2 Å². The van der Waals surface area contributed by atoms with E-state index in [2.05, 4.69) is 124 Å². The molecule has 0 N–H and O–H groups in total. The molecule has 0 heterocycles. The summed E-state index contributed by atoms with van der Waals surface area (Å²) in [4.78, 5) is 37.8. The molecule has 1 atom stereocenters. The van der Waals surface area contributed by atoms with Crippen molar-refractivity contribution in [2.45, 2.75) is 200 Å². The number of unbranched alkanes of at least 4 members (excludes halogenated alkanes) is 16. The molecule has 0 spiro atoms. The van der Waals surface area contributed by atoms with Crippen LogP contribution in [0.3, 0.4) is 0 Å². The van der Waals surface area contributed by atoms with Crippen molar-refractivity contribution in [3.05, 3.63) is 109 Å². The summed E-state index contributed by atoms with van der Waals surface area (Å²) in [5.41, 5.74) is 0. The van der Waals surface area contributed by atoms with Crippen LogP contribution in [0.5, 0.6) is 0 Å². The van der Waals surface area contributed by atoms with Gasteiger partial charge in [0.15, 0.2) is 6.10 Å². The summed E-state index contributed by atoms with van der Waals surface area (Å²) in [6.45, 7) is 6.26. The van der Waals surface area contributed by atoms with Crippen molar-refractivity contribution in [2.75, 3.05) is 13.2 Å². The van der Waals surface area contributed by atoms with Gasteiger partial charge in [-0.15, -0.1) is 0 Å². The second kappa shape index (κ2) is 47.7. The third-order valence-corrected chi connectivity index (χ3v) is 9.61. The first-order valence-electron chi connectivity index (χ1n) is 24.0. The first-order chi connectivity index (χ1) is 29.5. The Kier molecular flexibility index (Phi) is 44.6. The highest BCUT2D eigenvalue weighted by Crippen LogP contribution is 2.12. The van der Waals surface area contributed by atoms with Gasteiger partial charge in [-0.2, -0.15) is 0 Å². The van der Waals surface area contributed by atoms with E-state index in [4.69, 9.17) is 14.2 Å². The van der Waals surface area contributed by atoms with Gasteiger partial charge in [-0.3, -0.25) is 14.4 Å². The van der Waals surface area contributed by atoms with Gasteiger partial charge in [-0.05, 0) is 89.9 Å². The molecule has 0 saturated carbocycles. The monoisotopic (exact) mass is 831 g/mol. The molecule has 0 saturated heterocycles. The molecular formula is C54H86O6. The van der Waals surface area contributed by atoms with E-state index < -0.39 is 6.10 Å². The standard InChI is InChI=1S/C54H86O6/c1-4-7-10-13-16-19-22-24-25-26-27-28-30-32-35-38-41-44-47-53(56)59-50-51(49-58-52(55)46-43-40-37-34-31-21-18-15-12-9-6-3)60-54(57)48-45-42-39-36-33-29-23-20-17-14-11-8-5-2/h8-9,11-12,14,17-18,20-28,34,37,51H,4-7,10,13,15-16,19,29-33,35-36,38-50H2,1-3H3/b11-8-,12-9-,17-14-,21-18-,23-20-,24-22-,26-25-,28-27-,37-34-. The molecule has 60 heavy (non-hydrogen) atoms. The summed E-state index contributed by atoms with van der Waals surface area (Å²) >= 11 is 0. The van der Waals surface area contributed by atoms with E-state index in [0.717, 1.165) is 116 Å². The SMILES string of the molecule is CC\C=C/C=C\C=C/CCCCCCCC(=O)OC(COC(=O)CCC/C=C\C/C=C\C/C=C\CC)COC(=O)CCCCCCC\C=C/C=C\C=C/CCCCCCC. The molecule has 0 aromatic carbocycles. The number of hydrogen-bond donors (Lipinski definition) is 0. The number of carbonyl (C=O) groups is 3. The van der Waals surface area contributed by atoms with Crippen molar-refractivity contribution in [1.29, 1.82) is 0 Å². The predicted molar refractivity (Wildman–Crippen MR) is 256 cm³/mol. The van der Waals surface area contributed by atoms with Crippen molar-refractivity contribution in [3.63, 3.8) is 0 Å². The Balaban J connectivity index is 4.50. The highest BCUT2D eigenvalue weighted by Gasteiger charge is 2.19. The Bertz CT molecular complexity index is 1280. The number of allylic oxidation sites excluding steroid dienone is 18. The van der Waals surface area contributed by atoms with Gasteiger partial charge >= 0.3 is 17.9 Å². The van der Waals surface area contributed by atoms with Gasteiger partial charge in [0.05, 0.1) is 0 Å². The first kappa shape index (κ1) is 56.1. The predicted octanol–water partition coefficient (Wildman–Crippen LogP) is 15.6. The molecule has 0 aliphatic rings. The lowest BCUT2D eigenvalue weighted by atomic mass is 10.1. The third-order valence-electron chi connectivity index (χ3n) is 9.61. The molecule has 6 heteroatoms. The minimum Gasteiger partial charge on any atom is -0.462 e. The van der Waals surface area contributed by atoms with Gasteiger partial charge in [0.25, 0.3) is 0 Å². The topological polar surface area (TPSA) is 78.9 Å². The Morgan fingerprint density at radius 2 is 0.750 bits per heavy atom. The van der Waals surface area contributed by atoms with E-state index in [9.17, 15) is 14.4 Å². The quantitative estimate of drug-likeness (QED) is 0.0201. The Morgan fingerprint density at radius 3 is 1.25 bits per heavy atom. The number of ether oxygens (including phenoxy) is 3. The minimum absolute atomic E-state index is 0.116. The van der Waals surface area contributed by atoms with E-state index in [-0.39, 0.29) is 44.0 Å². The molecule has 338 valence electrons. The average Bonchev–Trinajstić information content (AvgIpc) is 3.24. The summed E-state index contributed by atoms with van der Waals surface area (Å²) in [6, 6.07) is 0. The van der Waals surface area contributed by atoms with E-state index in [1.54, 1.807) is 0 Å². The highest BCUT2D eigenvalue weighted by atomic mass is 16.6. The molecule has 0 aromatic rings. The average molecular weight is 831 g/mol. The summed E-state index contributed by atoms with van der Waals surface area (Å²) in [5.74, 6) is -1.02. The molecular weight excluding hydrogens is 745 g/mol. The fraction of sp³-hybridized carbons (Fsp3) is 0.611. The lowest BCUT2D eigenvalue weighted by molar-refractivity contribution is -0.167. The molecule has 0 rings (SSSR count). The summed E-state index contributed by atoms with van der Waals surface area (Å²) in [6.07, 6.45) is 63.6. The zero-order chi connectivity index (χ0) is 43.7. The van der Waals surface area contributed by atoms with Crippen molar-refractivity contribution in [2.24, 2.45) is 0 Å². The fourth-order valence-electron chi connectivity index (χ4n) is 6.05. The fourth-order valence-corrected chi connectivity index (χ4v) is 6.05. The van der Waals surface area contributed by atoms with Crippen LogP contribution in [-0.4, -0.2) is 37.2 Å². The van der Waals surface area contributed by atoms with Crippen LogP contribution in [0.2, 0.25) is 0 Å². The Labute approximate surface area is 368 Å². The molecule has 0 bridgehead atoms. The van der Waals surface area contributed by atoms with Crippen LogP contribution in [-0.2, 0) is 28.6 Å². The molecule has 0 amide bonds. The number of rotatable bonds is 41. The molecule has 0 aliphatic heterocycles. The maximum absolute atomic E-state index is 12.7. The molecule has 0 fully saturated rings. The second-order valence-electron chi connectivity index (χ2n) is 15.4. The van der Waals surface area contributed by atoms with Gasteiger partial charge in [-0.25, -0.2) is 0 Å². The van der Waals surface area contributed by atoms with Crippen LogP contribution in [0.4, 0.5) is 0 Å². The van der Waals surface area contributed by atoms with E-state index >= 15 is 0 Å². The summed E-state index contributed by atoms with van der Waals surface area (Å²) < 4.78 is 16.6. The van der Waals surface area contributed by atoms with Gasteiger partial charge in [0.1, 0.15) is 13.2 Å². The molecule has 0 aliphatic carbocycles. The van der Waals surface area contributed by atoms with Crippen LogP contribution in [0.15, 0.2) is 109 Å². The molecule has 0 aromatic heterocycles. The second-order valence-corrected chi connectivity index (χ2v) is 15.4. The number of esters is 3. The van der Waals surface area contributed by atoms with Gasteiger partial charge in [0.2, 0.25) is 0 Å². The smallest absolute Gasteiger partial charge is 0.306 e. The lowest BCUT2D eigenvalue weighted by Gasteiger charge is -2.18. The van der Waals surface area contributed by atoms with Crippen molar-refractivity contribution in [3.8, 4) is 0 Å². The number of carbonyl (C=O) groups excluding carboxylic acids is 3. The molecule has 0 radical (unpaired) electrons. The zero-order valence-electron chi connectivity index (χ0n) is 38.4. The van der Waals surface area contributed by atoms with Crippen LogP contribution < -0.4 is 0 Å². The minimum atomic E-state index is -0.818. The van der Waals surface area contributed by atoms with Gasteiger partial charge in [-0.1, -0.05) is 194 Å². The molecule has 1 unspecified atom stereocenters. The Hall–Kier alpha value is -3.93. The molecule has 6 nitrogen and oxygen atoms in total. The maximum Gasteiger partial charge on any atom is 0.306 e. The van der Waals surface area contributed by atoms with Crippen LogP contribution >= 0.6 is 0 Å². The van der Waals surface area contributed by atoms with Crippen LogP contribution in [0.1, 0.15) is 194 Å². The van der Waals surface area contributed by atoms with Gasteiger partial charge in [0, 0.05) is 19.3 Å². The van der Waals surface area contributed by atoms with E-state index in [0.29, 0.717) is 12.8 Å². The summed E-state index contributed by atoms with van der Waals surface area (Å²) in [7, 11) is 0. The maximum atomic E-state index is 12.7. The van der Waals surface area contributed by atoms with E-state index in [1.165, 1.54) is 32.1 Å².